The van der Waals surface area contributed by atoms with E-state index in [2.05, 4.69) is 5.32 Å². The zero-order valence-corrected chi connectivity index (χ0v) is 16.9. The third kappa shape index (κ3) is 8.89. The average molecular weight is 371 g/mol. The molecule has 0 aliphatic heterocycles. The molecule has 5 nitrogen and oxygen atoms in total. The van der Waals surface area contributed by atoms with Crippen LogP contribution >= 0.6 is 12.4 Å². The van der Waals surface area contributed by atoms with E-state index in [9.17, 15) is 9.59 Å². The molecule has 1 aromatic rings. The van der Waals surface area contributed by atoms with Crippen molar-refractivity contribution < 1.29 is 14.3 Å². The molecule has 1 amide bonds. The minimum atomic E-state index is -0.552. The van der Waals surface area contributed by atoms with E-state index >= 15 is 0 Å². The molecule has 0 saturated heterocycles. The summed E-state index contributed by atoms with van der Waals surface area (Å²) in [5.74, 6) is -0.507. The number of benzene rings is 1. The van der Waals surface area contributed by atoms with Gasteiger partial charge < -0.3 is 15.0 Å². The second kappa shape index (κ2) is 10.4. The van der Waals surface area contributed by atoms with Gasteiger partial charge in [0.05, 0.1) is 6.04 Å². The summed E-state index contributed by atoms with van der Waals surface area (Å²) in [5, 5.41) is 3.20. The minimum Gasteiger partial charge on any atom is -0.459 e. The molecule has 0 fully saturated rings. The van der Waals surface area contributed by atoms with Gasteiger partial charge >= 0.3 is 5.97 Å². The smallest absolute Gasteiger partial charge is 0.326 e. The maximum absolute atomic E-state index is 12.7. The number of ether oxygens (including phenoxy) is 1. The second-order valence-corrected chi connectivity index (χ2v) is 7.08. The maximum atomic E-state index is 12.7. The lowest BCUT2D eigenvalue weighted by atomic mass is 10.0. The number of nitrogens with zero attached hydrogens (tertiary/aromatic N) is 1. The van der Waals surface area contributed by atoms with E-state index in [1.54, 1.807) is 7.05 Å². The molecule has 0 aliphatic rings. The number of esters is 1. The minimum absolute atomic E-state index is 0. The highest BCUT2D eigenvalue weighted by molar-refractivity contribution is 5.86. The monoisotopic (exact) mass is 370 g/mol. The van der Waals surface area contributed by atoms with Crippen molar-refractivity contribution in [1.29, 1.82) is 0 Å². The number of hydrogen-bond donors (Lipinski definition) is 1. The van der Waals surface area contributed by atoms with Crippen molar-refractivity contribution in [3.05, 3.63) is 35.4 Å². The topological polar surface area (TPSA) is 58.6 Å². The molecule has 0 saturated carbocycles. The highest BCUT2D eigenvalue weighted by atomic mass is 35.5. The summed E-state index contributed by atoms with van der Waals surface area (Å²) in [6.45, 7) is 10.1. The number of carbonyl (C=O) groups is 2. The predicted octanol–water partition coefficient (Wildman–Crippen LogP) is 2.74. The number of carbonyl (C=O) groups excluding carboxylic acids is 2. The lowest BCUT2D eigenvalue weighted by Gasteiger charge is -2.26. The van der Waals surface area contributed by atoms with Gasteiger partial charge in [0.15, 0.2) is 0 Å². The summed E-state index contributed by atoms with van der Waals surface area (Å²) >= 11 is 0. The van der Waals surface area contributed by atoms with E-state index in [1.807, 2.05) is 58.9 Å². The van der Waals surface area contributed by atoms with Crippen molar-refractivity contribution in [2.75, 3.05) is 20.1 Å². The number of rotatable bonds is 7. The summed E-state index contributed by atoms with van der Waals surface area (Å²) in [6, 6.07) is 7.77. The molecule has 0 aromatic heterocycles. The van der Waals surface area contributed by atoms with Gasteiger partial charge in [-0.3, -0.25) is 9.59 Å². The lowest BCUT2D eigenvalue weighted by Crippen LogP contribution is -2.48. The van der Waals surface area contributed by atoms with E-state index in [1.165, 1.54) is 10.5 Å². The van der Waals surface area contributed by atoms with Gasteiger partial charge in [0.25, 0.3) is 0 Å². The largest absolute Gasteiger partial charge is 0.459 e. The van der Waals surface area contributed by atoms with E-state index in [0.29, 0.717) is 13.0 Å². The molecule has 6 heteroatoms. The molecule has 1 aromatic carbocycles. The fraction of sp³-hybridized carbons (Fsp3) is 0.579. The van der Waals surface area contributed by atoms with Crippen LogP contribution in [0.3, 0.4) is 0 Å². The first kappa shape index (κ1) is 23.4. The molecule has 0 heterocycles. The number of nitrogens with one attached hydrogen (secondary N) is 1. The van der Waals surface area contributed by atoms with Gasteiger partial charge in [-0.1, -0.05) is 36.8 Å². The van der Waals surface area contributed by atoms with E-state index < -0.39 is 11.6 Å². The Labute approximate surface area is 157 Å². The molecule has 0 unspecified atom stereocenters. The van der Waals surface area contributed by atoms with Crippen LogP contribution in [0.25, 0.3) is 0 Å². The van der Waals surface area contributed by atoms with Crippen LogP contribution in [-0.2, 0) is 20.7 Å². The van der Waals surface area contributed by atoms with Gasteiger partial charge in [-0.25, -0.2) is 0 Å². The highest BCUT2D eigenvalue weighted by Gasteiger charge is 2.25. The maximum Gasteiger partial charge on any atom is 0.326 e. The number of hydrogen-bond acceptors (Lipinski definition) is 4. The first-order valence-corrected chi connectivity index (χ1v) is 8.38. The first-order chi connectivity index (χ1) is 11.1. The Morgan fingerprint density at radius 2 is 1.76 bits per heavy atom. The van der Waals surface area contributed by atoms with Crippen LogP contribution in [0.15, 0.2) is 24.3 Å². The van der Waals surface area contributed by atoms with Gasteiger partial charge in [-0.2, -0.15) is 0 Å². The molecular formula is C19H31ClN2O3. The van der Waals surface area contributed by atoms with Crippen LogP contribution in [-0.4, -0.2) is 48.6 Å². The number of halogens is 1. The van der Waals surface area contributed by atoms with Gasteiger partial charge in [-0.15, -0.1) is 12.4 Å². The van der Waals surface area contributed by atoms with Crippen molar-refractivity contribution in [3.63, 3.8) is 0 Å². The van der Waals surface area contributed by atoms with Crippen LogP contribution in [0, 0.1) is 6.92 Å². The summed E-state index contributed by atoms with van der Waals surface area (Å²) in [5.41, 5.74) is 1.72. The normalized spacial score (nSPS) is 12.1. The molecule has 1 atom stereocenters. The van der Waals surface area contributed by atoms with E-state index in [4.69, 9.17) is 4.74 Å². The molecule has 25 heavy (non-hydrogen) atoms. The molecule has 0 spiro atoms. The Morgan fingerprint density at radius 1 is 1.20 bits per heavy atom. The third-order valence-corrected chi connectivity index (χ3v) is 3.47. The Balaban J connectivity index is 0.00000576. The zero-order chi connectivity index (χ0) is 18.3. The molecule has 1 rings (SSSR count). The van der Waals surface area contributed by atoms with Gasteiger partial charge in [0.1, 0.15) is 12.1 Å². The molecule has 0 radical (unpaired) electrons. The van der Waals surface area contributed by atoms with Crippen molar-refractivity contribution in [1.82, 2.24) is 10.2 Å². The third-order valence-electron chi connectivity index (χ3n) is 3.47. The van der Waals surface area contributed by atoms with Crippen LogP contribution in [0.5, 0.6) is 0 Å². The first-order valence-electron chi connectivity index (χ1n) is 8.38. The Bertz CT molecular complexity index is 553. The summed E-state index contributed by atoms with van der Waals surface area (Å²) < 4.78 is 5.28. The Kier molecular flexibility index (Phi) is 9.75. The Hall–Kier alpha value is -1.59. The summed E-state index contributed by atoms with van der Waals surface area (Å²) in [4.78, 5) is 26.0. The van der Waals surface area contributed by atoms with Crippen molar-refractivity contribution in [2.45, 2.75) is 52.7 Å². The summed E-state index contributed by atoms with van der Waals surface area (Å²) in [6.07, 6.45) is 0.589. The van der Waals surface area contributed by atoms with Crippen LogP contribution < -0.4 is 5.32 Å². The van der Waals surface area contributed by atoms with Gasteiger partial charge in [0.2, 0.25) is 5.91 Å². The van der Waals surface area contributed by atoms with Crippen molar-refractivity contribution >= 4 is 24.3 Å². The van der Waals surface area contributed by atoms with Crippen molar-refractivity contribution in [2.24, 2.45) is 0 Å². The average Bonchev–Trinajstić information content (AvgIpc) is 2.46. The fourth-order valence-corrected chi connectivity index (χ4v) is 2.36. The zero-order valence-electron chi connectivity index (χ0n) is 16.1. The molecule has 1 N–H and O–H groups in total. The van der Waals surface area contributed by atoms with Crippen LogP contribution in [0.1, 0.15) is 38.8 Å². The van der Waals surface area contributed by atoms with Crippen molar-refractivity contribution in [3.8, 4) is 0 Å². The number of likely N-dealkylation sites (N-methyl/N-ethyl adjacent to an activating group) is 2. The molecule has 0 bridgehead atoms. The van der Waals surface area contributed by atoms with Gasteiger partial charge in [-0.05, 0) is 46.2 Å². The van der Waals surface area contributed by atoms with Crippen LogP contribution in [0.4, 0.5) is 0 Å². The fourth-order valence-electron chi connectivity index (χ4n) is 2.36. The second-order valence-electron chi connectivity index (χ2n) is 7.08. The predicted molar refractivity (Wildman–Crippen MR) is 103 cm³/mol. The molecule has 142 valence electrons. The highest BCUT2D eigenvalue weighted by Crippen LogP contribution is 2.10. The molecule has 0 aliphatic carbocycles. The number of aryl methyl sites for hydroxylation is 1. The molecular weight excluding hydrogens is 340 g/mol. The Morgan fingerprint density at radius 3 is 2.24 bits per heavy atom. The van der Waals surface area contributed by atoms with E-state index in [-0.39, 0.29) is 30.9 Å². The SMILES string of the molecule is CCN[C@@H](Cc1ccc(C)cc1)C(=O)N(C)CC(=O)OC(C)(C)C.Cl. The standard InChI is InChI=1S/C19H30N2O3.ClH/c1-7-20-16(12-15-10-8-14(2)9-11-15)18(23)21(6)13-17(22)24-19(3,4)5;/h8-11,16,20H,7,12-13H2,1-6H3;1H/t16-;/m0./s1. The lowest BCUT2D eigenvalue weighted by molar-refractivity contribution is -0.158. The van der Waals surface area contributed by atoms with Crippen LogP contribution in [0.2, 0.25) is 0 Å². The quantitative estimate of drug-likeness (QED) is 0.750. The summed E-state index contributed by atoms with van der Waals surface area (Å²) in [7, 11) is 1.63. The number of amides is 1. The van der Waals surface area contributed by atoms with Gasteiger partial charge in [0, 0.05) is 7.05 Å². The van der Waals surface area contributed by atoms with E-state index in [0.717, 1.165) is 5.56 Å².